The summed E-state index contributed by atoms with van der Waals surface area (Å²) in [5, 5.41) is 11.1. The lowest BCUT2D eigenvalue weighted by molar-refractivity contribution is -0.385. The number of thioether (sulfide) groups is 1. The molecule has 1 heterocycles. The molecule has 1 aliphatic rings. The molecule has 3 aromatic carbocycles. The first-order chi connectivity index (χ1) is 16.6. The van der Waals surface area contributed by atoms with Crippen LogP contribution in [0.3, 0.4) is 0 Å². The predicted molar refractivity (Wildman–Crippen MR) is 139 cm³/mol. The maximum Gasteiger partial charge on any atom is 0.339 e. The van der Waals surface area contributed by atoms with Gasteiger partial charge < -0.3 is 4.18 Å². The Morgan fingerprint density at radius 2 is 1.71 bits per heavy atom. The smallest absolute Gasteiger partial charge is 0.339 e. The Morgan fingerprint density at radius 1 is 1.03 bits per heavy atom. The largest absolute Gasteiger partial charge is 0.379 e. The fraction of sp³-hybridized carbons (Fsp3) is 0.0833. The molecular weight excluding hydrogens is 508 g/mol. The molecule has 4 rings (SSSR count). The maximum atomic E-state index is 13.0. The van der Waals surface area contributed by atoms with E-state index in [0.717, 1.165) is 17.3 Å². The van der Waals surface area contributed by atoms with E-state index >= 15 is 0 Å². The lowest BCUT2D eigenvalue weighted by atomic mass is 10.1. The van der Waals surface area contributed by atoms with Crippen LogP contribution in [0.15, 0.2) is 76.5 Å². The third-order valence-electron chi connectivity index (χ3n) is 5.20. The summed E-state index contributed by atoms with van der Waals surface area (Å²) >= 11 is 6.59. The Hall–Kier alpha value is -3.54. The van der Waals surface area contributed by atoms with Gasteiger partial charge in [0.15, 0.2) is 4.32 Å². The number of carbonyl (C=O) groups excluding carboxylic acids is 1. The van der Waals surface area contributed by atoms with Gasteiger partial charge >= 0.3 is 10.1 Å². The minimum absolute atomic E-state index is 0.0258. The second kappa shape index (κ2) is 9.61. The number of para-hydroxylation sites is 1. The van der Waals surface area contributed by atoms with Crippen LogP contribution in [0.25, 0.3) is 6.08 Å². The number of nitro benzene ring substituents is 1. The minimum Gasteiger partial charge on any atom is -0.379 e. The molecule has 1 saturated heterocycles. The van der Waals surface area contributed by atoms with Crippen molar-refractivity contribution < 1.29 is 22.3 Å². The van der Waals surface area contributed by atoms with Crippen molar-refractivity contribution in [2.75, 3.05) is 4.90 Å². The summed E-state index contributed by atoms with van der Waals surface area (Å²) in [6.07, 6.45) is 1.67. The number of amides is 1. The van der Waals surface area contributed by atoms with Crippen molar-refractivity contribution in [1.82, 2.24) is 0 Å². The fourth-order valence-corrected chi connectivity index (χ4v) is 5.61. The monoisotopic (exact) mass is 526 g/mol. The molecule has 0 aliphatic carbocycles. The average molecular weight is 527 g/mol. The van der Waals surface area contributed by atoms with Crippen LogP contribution in [-0.4, -0.2) is 23.6 Å². The van der Waals surface area contributed by atoms with Crippen LogP contribution in [0.2, 0.25) is 0 Å². The first kappa shape index (κ1) is 24.6. The number of benzene rings is 3. The summed E-state index contributed by atoms with van der Waals surface area (Å²) in [4.78, 5) is 25.1. The summed E-state index contributed by atoms with van der Waals surface area (Å²) < 4.78 is 30.8. The molecule has 0 N–H and O–H groups in total. The van der Waals surface area contributed by atoms with Gasteiger partial charge in [0.05, 0.1) is 15.5 Å². The maximum absolute atomic E-state index is 13.0. The van der Waals surface area contributed by atoms with Crippen LogP contribution in [0, 0.1) is 24.0 Å². The van der Waals surface area contributed by atoms with Gasteiger partial charge in [-0.2, -0.15) is 8.42 Å². The van der Waals surface area contributed by atoms with Gasteiger partial charge in [0.25, 0.3) is 11.6 Å². The van der Waals surface area contributed by atoms with Crippen LogP contribution in [-0.2, 0) is 14.9 Å². The van der Waals surface area contributed by atoms with E-state index in [4.69, 9.17) is 16.4 Å². The molecule has 35 heavy (non-hydrogen) atoms. The van der Waals surface area contributed by atoms with Crippen molar-refractivity contribution >= 4 is 61.8 Å². The molecule has 0 saturated carbocycles. The Kier molecular flexibility index (Phi) is 6.75. The number of carbonyl (C=O) groups is 1. The molecule has 0 unspecified atom stereocenters. The van der Waals surface area contributed by atoms with E-state index in [0.29, 0.717) is 20.4 Å². The Labute approximate surface area is 211 Å². The van der Waals surface area contributed by atoms with Gasteiger partial charge in [-0.1, -0.05) is 60.4 Å². The second-order valence-corrected chi connectivity index (χ2v) is 10.8. The number of aryl methyl sites for hydroxylation is 2. The van der Waals surface area contributed by atoms with Crippen molar-refractivity contribution in [3.05, 3.63) is 98.4 Å². The summed E-state index contributed by atoms with van der Waals surface area (Å²) in [5.74, 6) is -0.212. The third-order valence-corrected chi connectivity index (χ3v) is 7.75. The van der Waals surface area contributed by atoms with Crippen molar-refractivity contribution in [3.8, 4) is 5.75 Å². The minimum atomic E-state index is -4.28. The summed E-state index contributed by atoms with van der Waals surface area (Å²) in [6, 6.07) is 17.1. The Morgan fingerprint density at radius 3 is 2.37 bits per heavy atom. The topological polar surface area (TPSA) is 107 Å². The van der Waals surface area contributed by atoms with Gasteiger partial charge in [-0.15, -0.1) is 0 Å². The molecule has 178 valence electrons. The first-order valence-corrected chi connectivity index (χ1v) is 12.8. The van der Waals surface area contributed by atoms with Gasteiger partial charge in [-0.25, -0.2) is 0 Å². The molecular formula is C24H18N2O6S3. The summed E-state index contributed by atoms with van der Waals surface area (Å²) in [6.45, 7) is 3.42. The van der Waals surface area contributed by atoms with Crippen LogP contribution >= 0.6 is 24.0 Å². The molecule has 8 nitrogen and oxygen atoms in total. The number of nitro groups is 1. The van der Waals surface area contributed by atoms with E-state index in [2.05, 4.69) is 0 Å². The molecule has 1 fully saturated rings. The van der Waals surface area contributed by atoms with Crippen molar-refractivity contribution in [3.63, 3.8) is 0 Å². The quantitative estimate of drug-likeness (QED) is 0.138. The lowest BCUT2D eigenvalue weighted by Crippen LogP contribution is -2.28. The number of rotatable bonds is 6. The van der Waals surface area contributed by atoms with Crippen molar-refractivity contribution in [2.24, 2.45) is 0 Å². The highest BCUT2D eigenvalue weighted by atomic mass is 32.2. The number of anilines is 1. The standard InChI is InChI=1S/C24H18N2O6S3/c1-15-5-3-4-6-20(15)25-23(27)22(34-24(25)33)13-17-8-10-18(11-9-17)32-35(30,31)19-12-7-16(2)21(14-19)26(28)29/h3-14H,1-2H3/b22-13-. The van der Waals surface area contributed by atoms with E-state index in [1.165, 1.54) is 47.9 Å². The number of nitrogens with zero attached hydrogens (tertiary/aromatic N) is 2. The highest BCUT2D eigenvalue weighted by Crippen LogP contribution is 2.37. The van der Waals surface area contributed by atoms with Crippen LogP contribution in [0.4, 0.5) is 11.4 Å². The van der Waals surface area contributed by atoms with E-state index in [1.54, 1.807) is 18.2 Å². The second-order valence-electron chi connectivity index (χ2n) is 7.62. The zero-order chi connectivity index (χ0) is 25.3. The third kappa shape index (κ3) is 5.11. The number of hydrogen-bond donors (Lipinski definition) is 0. The normalized spacial score (nSPS) is 15.0. The first-order valence-electron chi connectivity index (χ1n) is 10.2. The molecule has 0 bridgehead atoms. The van der Waals surface area contributed by atoms with Crippen LogP contribution < -0.4 is 9.08 Å². The SMILES string of the molecule is Cc1ccccc1N1C(=O)/C(=C/c2ccc(OS(=O)(=O)c3ccc(C)c([N+](=O)[O-])c3)cc2)SC1=S. The van der Waals surface area contributed by atoms with Gasteiger partial charge in [-0.3, -0.25) is 19.8 Å². The highest BCUT2D eigenvalue weighted by molar-refractivity contribution is 8.27. The van der Waals surface area contributed by atoms with E-state index < -0.39 is 15.0 Å². The molecule has 3 aromatic rings. The summed E-state index contributed by atoms with van der Waals surface area (Å²) in [5.41, 5.74) is 2.32. The van der Waals surface area contributed by atoms with Crippen molar-refractivity contribution in [1.29, 1.82) is 0 Å². The van der Waals surface area contributed by atoms with E-state index in [9.17, 15) is 23.3 Å². The fourth-order valence-electron chi connectivity index (χ4n) is 3.38. The Balaban J connectivity index is 1.53. The van der Waals surface area contributed by atoms with Gasteiger partial charge in [-0.05, 0) is 55.3 Å². The van der Waals surface area contributed by atoms with Crippen LogP contribution in [0.5, 0.6) is 5.75 Å². The lowest BCUT2D eigenvalue weighted by Gasteiger charge is -2.16. The Bertz CT molecular complexity index is 1500. The molecule has 0 atom stereocenters. The van der Waals surface area contributed by atoms with E-state index in [1.807, 2.05) is 31.2 Å². The average Bonchev–Trinajstić information content (AvgIpc) is 3.08. The molecule has 0 aromatic heterocycles. The molecule has 0 radical (unpaired) electrons. The highest BCUT2D eigenvalue weighted by Gasteiger charge is 2.34. The summed E-state index contributed by atoms with van der Waals surface area (Å²) in [7, 11) is -4.28. The van der Waals surface area contributed by atoms with Gasteiger partial charge in [0, 0.05) is 11.6 Å². The molecule has 1 amide bonds. The van der Waals surface area contributed by atoms with Gasteiger partial charge in [0.2, 0.25) is 0 Å². The zero-order valence-corrected chi connectivity index (χ0v) is 20.9. The van der Waals surface area contributed by atoms with Crippen molar-refractivity contribution in [2.45, 2.75) is 18.7 Å². The molecule has 11 heteroatoms. The van der Waals surface area contributed by atoms with E-state index in [-0.39, 0.29) is 22.2 Å². The molecule has 0 spiro atoms. The zero-order valence-electron chi connectivity index (χ0n) is 18.5. The molecule has 1 aliphatic heterocycles. The number of hydrogen-bond acceptors (Lipinski definition) is 8. The number of thiocarbonyl (C=S) groups is 1. The predicted octanol–water partition coefficient (Wildman–Crippen LogP) is 5.39. The van der Waals surface area contributed by atoms with Crippen LogP contribution in [0.1, 0.15) is 16.7 Å². The van der Waals surface area contributed by atoms with Gasteiger partial charge in [0.1, 0.15) is 10.6 Å².